The fourth-order valence-corrected chi connectivity index (χ4v) is 2.73. The molecule has 0 amide bonds. The first-order chi connectivity index (χ1) is 8.29. The van der Waals surface area contributed by atoms with Gasteiger partial charge in [0.15, 0.2) is 0 Å². The van der Waals surface area contributed by atoms with Crippen LogP contribution in [0.4, 0.5) is 0 Å². The quantitative estimate of drug-likeness (QED) is 0.691. The number of allylic oxidation sites excluding steroid dienone is 2. The van der Waals surface area contributed by atoms with Crippen LogP contribution in [0, 0.1) is 0 Å². The van der Waals surface area contributed by atoms with Crippen LogP contribution in [0.3, 0.4) is 0 Å². The second-order valence-corrected chi connectivity index (χ2v) is 5.27. The highest BCUT2D eigenvalue weighted by Gasteiger charge is 2.02. The van der Waals surface area contributed by atoms with Crippen LogP contribution >= 0.6 is 35.5 Å². The molecule has 0 bridgehead atoms. The molecule has 2 aromatic heterocycles. The second kappa shape index (κ2) is 6.00. The summed E-state index contributed by atoms with van der Waals surface area (Å²) in [5, 5.41) is 6.34. The predicted molar refractivity (Wildman–Crippen MR) is 77.0 cm³/mol. The van der Waals surface area contributed by atoms with Crippen LogP contribution in [0.1, 0.15) is 10.7 Å². The summed E-state index contributed by atoms with van der Waals surface area (Å²) in [6, 6.07) is 1.56. The Hall–Kier alpha value is -1.11. The van der Waals surface area contributed by atoms with Gasteiger partial charge in [0.2, 0.25) is 0 Å². The largest absolute Gasteiger partial charge is 0.268 e. The van der Waals surface area contributed by atoms with Crippen molar-refractivity contribution < 1.29 is 0 Å². The van der Waals surface area contributed by atoms with Crippen molar-refractivity contribution in [1.82, 2.24) is 8.94 Å². The zero-order valence-electron chi connectivity index (χ0n) is 8.81. The van der Waals surface area contributed by atoms with E-state index in [1.807, 2.05) is 23.6 Å². The van der Waals surface area contributed by atoms with Crippen LogP contribution in [0.5, 0.6) is 0 Å². The number of thiazole rings is 1. The molecule has 0 fully saturated rings. The molecule has 2 rings (SSSR count). The smallest absolute Gasteiger partial charge is 0.260 e. The van der Waals surface area contributed by atoms with Crippen LogP contribution < -0.4 is 5.56 Å². The molecule has 0 aromatic carbocycles. The highest BCUT2D eigenvalue weighted by Crippen LogP contribution is 2.13. The molecule has 6 heteroatoms. The van der Waals surface area contributed by atoms with E-state index in [0.717, 1.165) is 10.7 Å². The molecular weight excluding hydrogens is 272 g/mol. The average Bonchev–Trinajstić information content (AvgIpc) is 2.91. The minimum Gasteiger partial charge on any atom is -0.268 e. The third kappa shape index (κ3) is 3.42. The van der Waals surface area contributed by atoms with E-state index in [4.69, 9.17) is 0 Å². The maximum Gasteiger partial charge on any atom is 0.260 e. The minimum absolute atomic E-state index is 0.0260. The standard InChI is InChI=1S/C11H10N2OS3/c14-11-4-6-17-13(11)7-9-8-16-10(12-9)3-1-2-5-15/h1-6,8,15H,7H2/b3-1+,5-2-. The molecule has 0 unspecified atom stereocenters. The lowest BCUT2D eigenvalue weighted by molar-refractivity contribution is 0.825. The molecule has 0 N–H and O–H groups in total. The van der Waals surface area contributed by atoms with E-state index in [1.54, 1.807) is 32.1 Å². The third-order valence-corrected chi connectivity index (χ3v) is 3.81. The molecule has 2 aromatic rings. The molecule has 0 aliphatic rings. The lowest BCUT2D eigenvalue weighted by Crippen LogP contribution is -2.12. The summed E-state index contributed by atoms with van der Waals surface area (Å²) < 4.78 is 1.68. The highest BCUT2D eigenvalue weighted by molar-refractivity contribution is 7.83. The first-order valence-corrected chi connectivity index (χ1v) is 7.09. The van der Waals surface area contributed by atoms with Gasteiger partial charge in [-0.15, -0.1) is 11.3 Å². The monoisotopic (exact) mass is 282 g/mol. The Kier molecular flexibility index (Phi) is 4.36. The van der Waals surface area contributed by atoms with Crippen molar-refractivity contribution in [3.63, 3.8) is 0 Å². The van der Waals surface area contributed by atoms with Gasteiger partial charge in [0, 0.05) is 16.8 Å². The summed E-state index contributed by atoms with van der Waals surface area (Å²) in [6.07, 6.45) is 5.62. The zero-order chi connectivity index (χ0) is 12.1. The average molecular weight is 282 g/mol. The van der Waals surface area contributed by atoms with E-state index in [1.165, 1.54) is 11.5 Å². The fourth-order valence-electron chi connectivity index (χ4n) is 1.22. The van der Waals surface area contributed by atoms with Gasteiger partial charge in [-0.25, -0.2) is 4.98 Å². The molecule has 0 atom stereocenters. The number of hydrogen-bond donors (Lipinski definition) is 1. The number of nitrogens with zero attached hydrogens (tertiary/aromatic N) is 2. The molecule has 0 saturated carbocycles. The first-order valence-electron chi connectivity index (χ1n) is 4.86. The van der Waals surface area contributed by atoms with Crippen LogP contribution in [0.2, 0.25) is 0 Å². The Morgan fingerprint density at radius 2 is 2.35 bits per heavy atom. The van der Waals surface area contributed by atoms with Gasteiger partial charge >= 0.3 is 0 Å². The second-order valence-electron chi connectivity index (χ2n) is 3.16. The highest BCUT2D eigenvalue weighted by atomic mass is 32.1. The lowest BCUT2D eigenvalue weighted by Gasteiger charge is -1.94. The molecular formula is C11H10N2OS3. The van der Waals surface area contributed by atoms with E-state index in [-0.39, 0.29) is 5.56 Å². The van der Waals surface area contributed by atoms with Gasteiger partial charge in [-0.05, 0) is 11.5 Å². The summed E-state index contributed by atoms with van der Waals surface area (Å²) in [5.74, 6) is 0. The molecule has 0 saturated heterocycles. The van der Waals surface area contributed by atoms with E-state index in [9.17, 15) is 4.79 Å². The van der Waals surface area contributed by atoms with Crippen molar-refractivity contribution in [2.45, 2.75) is 6.54 Å². The normalized spacial score (nSPS) is 11.8. The zero-order valence-corrected chi connectivity index (χ0v) is 11.3. The molecule has 17 heavy (non-hydrogen) atoms. The topological polar surface area (TPSA) is 34.9 Å². The number of hydrogen-bond acceptors (Lipinski definition) is 5. The summed E-state index contributed by atoms with van der Waals surface area (Å²) in [7, 11) is 0. The molecule has 88 valence electrons. The van der Waals surface area contributed by atoms with Crippen LogP contribution in [0.15, 0.2) is 39.2 Å². The SMILES string of the molecule is O=c1ccsn1Cc1csc(/C=C/C=C\S)n1. The summed E-state index contributed by atoms with van der Waals surface area (Å²) >= 11 is 6.92. The molecule has 0 aliphatic heterocycles. The number of aromatic nitrogens is 2. The van der Waals surface area contributed by atoms with Crippen molar-refractivity contribution in [3.8, 4) is 0 Å². The maximum atomic E-state index is 11.4. The maximum absolute atomic E-state index is 11.4. The van der Waals surface area contributed by atoms with Gasteiger partial charge in [0.1, 0.15) is 5.01 Å². The molecule has 0 radical (unpaired) electrons. The number of thiol groups is 1. The Balaban J connectivity index is 2.09. The molecule has 0 spiro atoms. The lowest BCUT2D eigenvalue weighted by atomic mass is 10.4. The van der Waals surface area contributed by atoms with E-state index < -0.39 is 0 Å². The summed E-state index contributed by atoms with van der Waals surface area (Å²) in [5.41, 5.74) is 0.937. The fraction of sp³-hybridized carbons (Fsp3) is 0.0909. The van der Waals surface area contributed by atoms with Crippen LogP contribution in [-0.2, 0) is 6.54 Å². The predicted octanol–water partition coefficient (Wildman–Crippen LogP) is 2.87. The first kappa shape index (κ1) is 12.3. The van der Waals surface area contributed by atoms with Crippen molar-refractivity contribution in [1.29, 1.82) is 0 Å². The van der Waals surface area contributed by atoms with Gasteiger partial charge < -0.3 is 0 Å². The minimum atomic E-state index is 0.0260. The Bertz CT molecular complexity index is 592. The van der Waals surface area contributed by atoms with Gasteiger partial charge in [-0.1, -0.05) is 23.7 Å². The van der Waals surface area contributed by atoms with Crippen LogP contribution in [0.25, 0.3) is 6.08 Å². The van der Waals surface area contributed by atoms with Gasteiger partial charge in [-0.3, -0.25) is 8.75 Å². The van der Waals surface area contributed by atoms with Crippen LogP contribution in [-0.4, -0.2) is 8.94 Å². The van der Waals surface area contributed by atoms with E-state index in [0.29, 0.717) is 6.54 Å². The Labute approximate surface area is 112 Å². The molecule has 2 heterocycles. The Morgan fingerprint density at radius 3 is 3.06 bits per heavy atom. The Morgan fingerprint density at radius 1 is 1.47 bits per heavy atom. The summed E-state index contributed by atoms with van der Waals surface area (Å²) in [6.45, 7) is 0.545. The molecule has 0 aliphatic carbocycles. The van der Waals surface area contributed by atoms with Crippen molar-refractivity contribution in [2.24, 2.45) is 0 Å². The van der Waals surface area contributed by atoms with E-state index >= 15 is 0 Å². The third-order valence-electron chi connectivity index (χ3n) is 1.96. The van der Waals surface area contributed by atoms with Gasteiger partial charge in [0.25, 0.3) is 5.56 Å². The van der Waals surface area contributed by atoms with Crippen molar-refractivity contribution in [2.75, 3.05) is 0 Å². The summed E-state index contributed by atoms with van der Waals surface area (Å²) in [4.78, 5) is 15.8. The van der Waals surface area contributed by atoms with Crippen molar-refractivity contribution >= 4 is 41.6 Å². The van der Waals surface area contributed by atoms with Crippen molar-refractivity contribution in [3.05, 3.63) is 55.4 Å². The van der Waals surface area contributed by atoms with Gasteiger partial charge in [-0.2, -0.15) is 12.6 Å². The van der Waals surface area contributed by atoms with E-state index in [2.05, 4.69) is 17.6 Å². The molecule has 3 nitrogen and oxygen atoms in total. The number of rotatable bonds is 4. The van der Waals surface area contributed by atoms with Gasteiger partial charge in [0.05, 0.1) is 12.2 Å².